The fraction of sp³-hybridized carbons (Fsp3) is 0.286. The minimum atomic E-state index is -0.551. The van der Waals surface area contributed by atoms with Crippen LogP contribution >= 0.6 is 0 Å². The molecule has 0 aliphatic heterocycles. The summed E-state index contributed by atoms with van der Waals surface area (Å²) in [4.78, 5) is 22.2. The molecular weight excluding hydrogens is 274 g/mol. The van der Waals surface area contributed by atoms with Crippen LogP contribution in [0.25, 0.3) is 0 Å². The molecule has 1 heterocycles. The summed E-state index contributed by atoms with van der Waals surface area (Å²) in [5, 5.41) is 17.0. The van der Waals surface area contributed by atoms with E-state index in [1.165, 1.54) is 24.3 Å². The van der Waals surface area contributed by atoms with Crippen LogP contribution in [0.2, 0.25) is 0 Å². The molecule has 21 heavy (non-hydrogen) atoms. The van der Waals surface area contributed by atoms with Gasteiger partial charge in [-0.25, -0.2) is 0 Å². The minimum absolute atomic E-state index is 0.141. The number of anilines is 1. The van der Waals surface area contributed by atoms with Crippen LogP contribution in [-0.4, -0.2) is 16.0 Å². The molecule has 0 atom stereocenters. The maximum absolute atomic E-state index is 12.0. The lowest BCUT2D eigenvalue weighted by atomic mass is 9.93. The summed E-state index contributed by atoms with van der Waals surface area (Å²) in [6, 6.07) is 7.11. The number of nitrogens with zero attached hydrogens (tertiary/aromatic N) is 2. The first-order valence-corrected chi connectivity index (χ1v) is 6.30. The SMILES string of the molecule is CC(C)(C)c1cc(NC(=O)c2cccc([N+](=O)[O-])c2)no1. The Morgan fingerprint density at radius 1 is 1.33 bits per heavy atom. The van der Waals surface area contributed by atoms with Gasteiger partial charge in [-0.15, -0.1) is 0 Å². The number of carbonyl (C=O) groups excluding carboxylic acids is 1. The highest BCUT2D eigenvalue weighted by atomic mass is 16.6. The first-order chi connectivity index (χ1) is 9.77. The minimum Gasteiger partial charge on any atom is -0.359 e. The number of rotatable bonds is 3. The third kappa shape index (κ3) is 3.44. The molecular formula is C14H15N3O4. The lowest BCUT2D eigenvalue weighted by molar-refractivity contribution is -0.384. The number of nitro groups is 1. The van der Waals surface area contributed by atoms with Crippen molar-refractivity contribution in [2.24, 2.45) is 0 Å². The van der Waals surface area contributed by atoms with Crippen molar-refractivity contribution in [1.29, 1.82) is 0 Å². The van der Waals surface area contributed by atoms with Crippen molar-refractivity contribution in [1.82, 2.24) is 5.16 Å². The first-order valence-electron chi connectivity index (χ1n) is 6.30. The van der Waals surface area contributed by atoms with Gasteiger partial charge in [-0.2, -0.15) is 0 Å². The van der Waals surface area contributed by atoms with Gasteiger partial charge in [0.2, 0.25) is 0 Å². The Morgan fingerprint density at radius 3 is 2.62 bits per heavy atom. The van der Waals surface area contributed by atoms with Crippen LogP contribution in [0.15, 0.2) is 34.9 Å². The Kier molecular flexibility index (Phi) is 3.75. The number of aromatic nitrogens is 1. The summed E-state index contributed by atoms with van der Waals surface area (Å²) in [7, 11) is 0. The van der Waals surface area contributed by atoms with Crippen LogP contribution in [0.3, 0.4) is 0 Å². The zero-order valence-corrected chi connectivity index (χ0v) is 11.9. The van der Waals surface area contributed by atoms with Gasteiger partial charge in [0.1, 0.15) is 5.76 Å². The number of carbonyl (C=O) groups is 1. The first kappa shape index (κ1) is 14.7. The summed E-state index contributed by atoms with van der Waals surface area (Å²) in [6.07, 6.45) is 0. The molecule has 0 unspecified atom stereocenters. The summed E-state index contributed by atoms with van der Waals surface area (Å²) in [6.45, 7) is 5.87. The number of amides is 1. The molecule has 2 aromatic rings. The zero-order valence-electron chi connectivity index (χ0n) is 11.9. The van der Waals surface area contributed by atoms with Crippen LogP contribution < -0.4 is 5.32 Å². The van der Waals surface area contributed by atoms with Crippen LogP contribution in [0.4, 0.5) is 11.5 Å². The van der Waals surface area contributed by atoms with E-state index in [1.807, 2.05) is 20.8 Å². The van der Waals surface area contributed by atoms with Crippen LogP contribution in [0.5, 0.6) is 0 Å². The second-order valence-electron chi connectivity index (χ2n) is 5.59. The fourth-order valence-corrected chi connectivity index (χ4v) is 1.64. The van der Waals surface area contributed by atoms with Gasteiger partial charge in [0.05, 0.1) is 4.92 Å². The fourth-order valence-electron chi connectivity index (χ4n) is 1.64. The van der Waals surface area contributed by atoms with Gasteiger partial charge >= 0.3 is 0 Å². The highest BCUT2D eigenvalue weighted by molar-refractivity contribution is 6.04. The average Bonchev–Trinajstić information content (AvgIpc) is 2.87. The summed E-state index contributed by atoms with van der Waals surface area (Å²) >= 11 is 0. The molecule has 110 valence electrons. The smallest absolute Gasteiger partial charge is 0.270 e. The second kappa shape index (κ2) is 5.35. The van der Waals surface area contributed by atoms with E-state index in [2.05, 4.69) is 10.5 Å². The molecule has 1 N–H and O–H groups in total. The Morgan fingerprint density at radius 2 is 2.05 bits per heavy atom. The highest BCUT2D eigenvalue weighted by Gasteiger charge is 2.20. The summed E-state index contributed by atoms with van der Waals surface area (Å²) < 4.78 is 5.15. The van der Waals surface area contributed by atoms with Crippen molar-refractivity contribution >= 4 is 17.4 Å². The number of nitro benzene ring substituents is 1. The monoisotopic (exact) mass is 289 g/mol. The molecule has 0 fully saturated rings. The molecule has 0 aliphatic rings. The van der Waals surface area contributed by atoms with Crippen molar-refractivity contribution in [3.05, 3.63) is 51.8 Å². The Bertz CT molecular complexity index is 686. The van der Waals surface area contributed by atoms with Crippen molar-refractivity contribution in [3.63, 3.8) is 0 Å². The third-order valence-corrected chi connectivity index (χ3v) is 2.81. The van der Waals surface area contributed by atoms with Gasteiger partial charge in [0, 0.05) is 29.2 Å². The Balaban J connectivity index is 2.16. The lowest BCUT2D eigenvalue weighted by Gasteiger charge is -2.12. The zero-order chi connectivity index (χ0) is 15.6. The quantitative estimate of drug-likeness (QED) is 0.691. The lowest BCUT2D eigenvalue weighted by Crippen LogP contribution is -2.12. The number of hydrogen-bond donors (Lipinski definition) is 1. The number of hydrogen-bond acceptors (Lipinski definition) is 5. The van der Waals surface area contributed by atoms with Crippen LogP contribution in [0, 0.1) is 10.1 Å². The van der Waals surface area contributed by atoms with E-state index in [0.717, 1.165) is 0 Å². The normalized spacial score (nSPS) is 11.2. The summed E-state index contributed by atoms with van der Waals surface area (Å²) in [5.74, 6) is 0.431. The van der Waals surface area contributed by atoms with Gasteiger partial charge in [-0.3, -0.25) is 14.9 Å². The maximum Gasteiger partial charge on any atom is 0.270 e. The largest absolute Gasteiger partial charge is 0.359 e. The molecule has 0 bridgehead atoms. The van der Waals surface area contributed by atoms with Gasteiger partial charge < -0.3 is 9.84 Å². The number of non-ortho nitro benzene ring substituents is 1. The highest BCUT2D eigenvalue weighted by Crippen LogP contribution is 2.24. The van der Waals surface area contributed by atoms with E-state index >= 15 is 0 Å². The van der Waals surface area contributed by atoms with Crippen molar-refractivity contribution in [2.75, 3.05) is 5.32 Å². The molecule has 7 nitrogen and oxygen atoms in total. The van der Waals surface area contributed by atoms with Crippen molar-refractivity contribution < 1.29 is 14.2 Å². The maximum atomic E-state index is 12.0. The second-order valence-corrected chi connectivity index (χ2v) is 5.59. The molecule has 2 rings (SSSR count). The molecule has 1 aromatic carbocycles. The molecule has 1 amide bonds. The van der Waals surface area contributed by atoms with Crippen molar-refractivity contribution in [2.45, 2.75) is 26.2 Å². The Labute approximate surface area is 121 Å². The summed E-state index contributed by atoms with van der Waals surface area (Å²) in [5.41, 5.74) is -0.177. The molecule has 0 spiro atoms. The van der Waals surface area contributed by atoms with E-state index in [-0.39, 0.29) is 22.5 Å². The van der Waals surface area contributed by atoms with Crippen LogP contribution in [-0.2, 0) is 5.41 Å². The van der Waals surface area contributed by atoms with E-state index in [4.69, 9.17) is 4.52 Å². The molecule has 0 radical (unpaired) electrons. The Hall–Kier alpha value is -2.70. The topological polar surface area (TPSA) is 98.3 Å². The molecule has 0 saturated heterocycles. The van der Waals surface area contributed by atoms with Gasteiger partial charge in [-0.05, 0) is 6.07 Å². The number of nitrogens with one attached hydrogen (secondary N) is 1. The predicted molar refractivity (Wildman–Crippen MR) is 76.3 cm³/mol. The van der Waals surface area contributed by atoms with Crippen LogP contribution in [0.1, 0.15) is 36.9 Å². The van der Waals surface area contributed by atoms with E-state index in [1.54, 1.807) is 6.07 Å². The van der Waals surface area contributed by atoms with Gasteiger partial charge in [0.25, 0.3) is 11.6 Å². The van der Waals surface area contributed by atoms with Gasteiger partial charge in [0.15, 0.2) is 5.82 Å². The van der Waals surface area contributed by atoms with Gasteiger partial charge in [-0.1, -0.05) is 32.0 Å². The molecule has 0 saturated carbocycles. The van der Waals surface area contributed by atoms with Crippen molar-refractivity contribution in [3.8, 4) is 0 Å². The average molecular weight is 289 g/mol. The van der Waals surface area contributed by atoms with E-state index in [0.29, 0.717) is 5.76 Å². The predicted octanol–water partition coefficient (Wildman–Crippen LogP) is 3.13. The molecule has 1 aromatic heterocycles. The molecule has 0 aliphatic carbocycles. The molecule has 7 heteroatoms. The van der Waals surface area contributed by atoms with E-state index in [9.17, 15) is 14.9 Å². The standard InChI is InChI=1S/C14H15N3O4/c1-14(2,3)11-8-12(16-21-11)15-13(18)9-5-4-6-10(7-9)17(19)20/h4-8H,1-3H3,(H,15,16,18). The van der Waals surface area contributed by atoms with E-state index < -0.39 is 10.8 Å². The number of benzene rings is 1. The third-order valence-electron chi connectivity index (χ3n) is 2.81.